The molecule has 0 saturated heterocycles. The molecule has 0 aliphatic rings. The van der Waals surface area contributed by atoms with Crippen LogP contribution in [0, 0.1) is 0 Å². The van der Waals surface area contributed by atoms with Crippen LogP contribution in [-0.4, -0.2) is 24.0 Å². The van der Waals surface area contributed by atoms with E-state index in [0.717, 1.165) is 13.1 Å². The Bertz CT molecular complexity index is 146. The Labute approximate surface area is 93.0 Å². The Morgan fingerprint density at radius 2 is 1.93 bits per heavy atom. The monoisotopic (exact) mass is 217 g/mol. The van der Waals surface area contributed by atoms with Crippen molar-refractivity contribution in [3.63, 3.8) is 0 Å². The molecule has 0 aromatic rings. The summed E-state index contributed by atoms with van der Waals surface area (Å²) in [5.41, 5.74) is 0. The molecular weight excluding hydrogens is 192 g/mol. The first-order valence-electron chi connectivity index (χ1n) is 5.82. The summed E-state index contributed by atoms with van der Waals surface area (Å²) in [7, 11) is 0. The van der Waals surface area contributed by atoms with Gasteiger partial charge in [0, 0.05) is 5.75 Å². The predicted octanol–water partition coefficient (Wildman–Crippen LogP) is 1.37. The van der Waals surface area contributed by atoms with Crippen molar-refractivity contribution in [2.24, 2.45) is 0 Å². The highest BCUT2D eigenvalue weighted by Gasteiger charge is 2.03. The summed E-state index contributed by atoms with van der Waals surface area (Å²) in [4.78, 5) is 3.34. The van der Waals surface area contributed by atoms with Crippen LogP contribution in [0.5, 0.6) is 0 Å². The number of hydrogen-bond donors (Lipinski definition) is 2. The van der Waals surface area contributed by atoms with Crippen LogP contribution in [0.15, 0.2) is 0 Å². The van der Waals surface area contributed by atoms with Gasteiger partial charge in [-0.1, -0.05) is 26.2 Å². The van der Waals surface area contributed by atoms with E-state index in [1.165, 1.54) is 36.6 Å². The van der Waals surface area contributed by atoms with Crippen molar-refractivity contribution >= 4 is 16.9 Å². The minimum Gasteiger partial charge on any atom is -0.269 e. The standard InChI is InChI=1S/C11H24N2S/c1-4-7-8-9-10-14-11(12-5-2)13-6-3/h4-10H2,1-3H3,(H,12,13)/p+1. The molecule has 0 spiro atoms. The van der Waals surface area contributed by atoms with Crippen molar-refractivity contribution in [2.45, 2.75) is 46.5 Å². The van der Waals surface area contributed by atoms with Crippen LogP contribution in [0.25, 0.3) is 0 Å². The zero-order chi connectivity index (χ0) is 10.6. The molecule has 0 aromatic heterocycles. The molecule has 0 atom stereocenters. The molecule has 14 heavy (non-hydrogen) atoms. The van der Waals surface area contributed by atoms with E-state index in [9.17, 15) is 0 Å². The molecule has 0 saturated carbocycles. The van der Waals surface area contributed by atoms with Crippen LogP contribution < -0.4 is 10.3 Å². The molecule has 0 rings (SSSR count). The summed E-state index contributed by atoms with van der Waals surface area (Å²) < 4.78 is 0. The molecule has 0 heterocycles. The first kappa shape index (κ1) is 13.8. The lowest BCUT2D eigenvalue weighted by Crippen LogP contribution is -2.74. The first-order valence-corrected chi connectivity index (χ1v) is 6.81. The highest BCUT2D eigenvalue weighted by Crippen LogP contribution is 2.06. The maximum atomic E-state index is 3.34. The minimum atomic E-state index is 1.00. The second-order valence-corrected chi connectivity index (χ2v) is 4.40. The molecule has 0 aliphatic carbocycles. The predicted molar refractivity (Wildman–Crippen MR) is 66.8 cm³/mol. The van der Waals surface area contributed by atoms with Gasteiger partial charge in [0.15, 0.2) is 0 Å². The first-order chi connectivity index (χ1) is 6.85. The summed E-state index contributed by atoms with van der Waals surface area (Å²) >= 11 is 1.92. The summed E-state index contributed by atoms with van der Waals surface area (Å²) in [5.74, 6) is 1.23. The molecule has 2 nitrogen and oxygen atoms in total. The Morgan fingerprint density at radius 3 is 2.50 bits per heavy atom. The fourth-order valence-electron chi connectivity index (χ4n) is 1.19. The van der Waals surface area contributed by atoms with E-state index in [1.54, 1.807) is 0 Å². The molecule has 0 amide bonds. The second kappa shape index (κ2) is 10.9. The zero-order valence-corrected chi connectivity index (χ0v) is 10.7. The van der Waals surface area contributed by atoms with Gasteiger partial charge >= 0.3 is 5.17 Å². The van der Waals surface area contributed by atoms with E-state index in [4.69, 9.17) is 0 Å². The molecule has 0 aromatic carbocycles. The summed E-state index contributed by atoms with van der Waals surface area (Å²) in [5, 5.41) is 4.59. The van der Waals surface area contributed by atoms with Gasteiger partial charge in [-0.05, 0) is 32.0 Å². The lowest BCUT2D eigenvalue weighted by molar-refractivity contribution is -0.451. The van der Waals surface area contributed by atoms with Crippen LogP contribution in [0.2, 0.25) is 0 Å². The van der Waals surface area contributed by atoms with Crippen molar-refractivity contribution in [3.8, 4) is 0 Å². The number of nitrogens with one attached hydrogen (secondary N) is 2. The fourth-order valence-corrected chi connectivity index (χ4v) is 2.23. The minimum absolute atomic E-state index is 1.00. The quantitative estimate of drug-likeness (QED) is 0.383. The van der Waals surface area contributed by atoms with Gasteiger partial charge in [0.2, 0.25) is 0 Å². The van der Waals surface area contributed by atoms with Crippen molar-refractivity contribution in [1.82, 2.24) is 5.32 Å². The van der Waals surface area contributed by atoms with Crippen LogP contribution >= 0.6 is 11.8 Å². The topological polar surface area (TPSA) is 26.0 Å². The molecule has 2 N–H and O–H groups in total. The van der Waals surface area contributed by atoms with Crippen LogP contribution in [0.1, 0.15) is 46.5 Å². The number of amidine groups is 1. The Morgan fingerprint density at radius 1 is 1.14 bits per heavy atom. The molecule has 0 fully saturated rings. The molecule has 0 aliphatic heterocycles. The van der Waals surface area contributed by atoms with Crippen molar-refractivity contribution in [3.05, 3.63) is 0 Å². The van der Waals surface area contributed by atoms with E-state index in [0.29, 0.717) is 0 Å². The van der Waals surface area contributed by atoms with Gasteiger partial charge in [0.25, 0.3) is 0 Å². The summed E-state index contributed by atoms with van der Waals surface area (Å²) in [6.45, 7) is 8.53. The lowest BCUT2D eigenvalue weighted by Gasteiger charge is -2.00. The molecule has 0 unspecified atom stereocenters. The molecule has 0 radical (unpaired) electrons. The Kier molecular flexibility index (Phi) is 10.8. The highest BCUT2D eigenvalue weighted by atomic mass is 32.2. The van der Waals surface area contributed by atoms with Gasteiger partial charge in [-0.15, -0.1) is 0 Å². The maximum Gasteiger partial charge on any atom is 0.304 e. The van der Waals surface area contributed by atoms with E-state index in [1.807, 2.05) is 11.8 Å². The number of thioether (sulfide) groups is 1. The highest BCUT2D eigenvalue weighted by molar-refractivity contribution is 8.13. The van der Waals surface area contributed by atoms with Gasteiger partial charge < -0.3 is 0 Å². The van der Waals surface area contributed by atoms with Gasteiger partial charge in [-0.2, -0.15) is 0 Å². The maximum absolute atomic E-state index is 3.34. The van der Waals surface area contributed by atoms with E-state index in [-0.39, 0.29) is 0 Å². The van der Waals surface area contributed by atoms with Crippen LogP contribution in [0.3, 0.4) is 0 Å². The molecule has 84 valence electrons. The summed E-state index contributed by atoms with van der Waals surface area (Å²) in [6, 6.07) is 0. The van der Waals surface area contributed by atoms with Crippen LogP contribution in [-0.2, 0) is 0 Å². The molecular formula is C11H25N2S+. The molecule has 0 bridgehead atoms. The number of unbranched alkanes of at least 4 members (excludes halogenated alkanes) is 3. The van der Waals surface area contributed by atoms with Crippen molar-refractivity contribution in [2.75, 3.05) is 18.8 Å². The second-order valence-electron chi connectivity index (χ2n) is 3.30. The van der Waals surface area contributed by atoms with Crippen molar-refractivity contribution in [1.29, 1.82) is 0 Å². The van der Waals surface area contributed by atoms with E-state index >= 15 is 0 Å². The van der Waals surface area contributed by atoms with E-state index < -0.39 is 0 Å². The Hall–Kier alpha value is -0.180. The fraction of sp³-hybridized carbons (Fsp3) is 0.909. The lowest BCUT2D eigenvalue weighted by atomic mass is 10.2. The average molecular weight is 217 g/mol. The van der Waals surface area contributed by atoms with Gasteiger partial charge in [0.1, 0.15) is 0 Å². The zero-order valence-electron chi connectivity index (χ0n) is 9.86. The third kappa shape index (κ3) is 8.42. The number of hydrogen-bond acceptors (Lipinski definition) is 1. The number of rotatable bonds is 7. The Balaban J connectivity index is 3.46. The largest absolute Gasteiger partial charge is 0.304 e. The summed E-state index contributed by atoms with van der Waals surface area (Å²) in [6.07, 6.45) is 5.40. The average Bonchev–Trinajstić information content (AvgIpc) is 2.18. The molecule has 3 heteroatoms. The van der Waals surface area contributed by atoms with Crippen LogP contribution in [0.4, 0.5) is 0 Å². The normalized spacial score (nSPS) is 11.8. The van der Waals surface area contributed by atoms with E-state index in [2.05, 4.69) is 31.1 Å². The third-order valence-electron chi connectivity index (χ3n) is 1.92. The SMILES string of the molecule is CCCCCCSC(NCC)=[NH+]CC. The third-order valence-corrected chi connectivity index (χ3v) is 2.99. The van der Waals surface area contributed by atoms with Gasteiger partial charge in [0.05, 0.1) is 13.1 Å². The van der Waals surface area contributed by atoms with Gasteiger partial charge in [-0.25, -0.2) is 0 Å². The van der Waals surface area contributed by atoms with Gasteiger partial charge in [-0.3, -0.25) is 10.3 Å². The van der Waals surface area contributed by atoms with Crippen molar-refractivity contribution < 1.29 is 4.99 Å². The smallest absolute Gasteiger partial charge is 0.269 e.